The number of piperazine rings is 1. The molecule has 0 radical (unpaired) electrons. The first-order chi connectivity index (χ1) is 19.1. The Morgan fingerprint density at radius 1 is 1.10 bits per heavy atom. The van der Waals surface area contributed by atoms with E-state index in [9.17, 15) is 9.18 Å². The number of nitrogens with one attached hydrogen (secondary N) is 1. The summed E-state index contributed by atoms with van der Waals surface area (Å²) in [5, 5.41) is 3.64. The number of para-hydroxylation sites is 1. The highest BCUT2D eigenvalue weighted by molar-refractivity contribution is 7.98. The third-order valence-corrected chi connectivity index (χ3v) is 7.82. The first kappa shape index (κ1) is 27.4. The van der Waals surface area contributed by atoms with E-state index >= 15 is 0 Å². The van der Waals surface area contributed by atoms with E-state index in [4.69, 9.17) is 14.5 Å². The average Bonchev–Trinajstić information content (AvgIpc) is 3.49. The van der Waals surface area contributed by atoms with Gasteiger partial charge in [-0.1, -0.05) is 36.0 Å². The highest BCUT2D eigenvalue weighted by Gasteiger charge is 2.22. The van der Waals surface area contributed by atoms with Crippen LogP contribution in [0.3, 0.4) is 0 Å². The van der Waals surface area contributed by atoms with Crippen LogP contribution in [0, 0.1) is 5.82 Å². The lowest BCUT2D eigenvalue weighted by Gasteiger charge is -2.37. The smallest absolute Gasteiger partial charge is 0.251 e. The van der Waals surface area contributed by atoms with Crippen LogP contribution in [0.5, 0.6) is 0 Å². The fourth-order valence-corrected chi connectivity index (χ4v) is 5.67. The van der Waals surface area contributed by atoms with E-state index in [-0.39, 0.29) is 17.8 Å². The number of methoxy groups -OCH3 is 1. The zero-order valence-electron chi connectivity index (χ0n) is 22.1. The molecule has 2 fully saturated rings. The number of amides is 1. The van der Waals surface area contributed by atoms with Crippen molar-refractivity contribution in [3.05, 3.63) is 77.2 Å². The Bertz CT molecular complexity index is 1270. The number of thioether (sulfide) groups is 1. The molecule has 1 N–H and O–H groups in total. The van der Waals surface area contributed by atoms with Gasteiger partial charge < -0.3 is 24.6 Å². The number of benzene rings is 2. The third kappa shape index (κ3) is 7.26. The summed E-state index contributed by atoms with van der Waals surface area (Å²) in [5.74, 6) is 1.19. The molecule has 1 amide bonds. The second kappa shape index (κ2) is 13.2. The van der Waals surface area contributed by atoms with Crippen molar-refractivity contribution in [2.75, 3.05) is 56.2 Å². The van der Waals surface area contributed by atoms with Crippen molar-refractivity contribution in [1.29, 1.82) is 0 Å². The minimum atomic E-state index is -0.196. The molecule has 2 aromatic carbocycles. The number of ether oxygens (including phenoxy) is 2. The maximum absolute atomic E-state index is 14.3. The van der Waals surface area contributed by atoms with Gasteiger partial charge in [0, 0.05) is 63.8 Å². The van der Waals surface area contributed by atoms with E-state index < -0.39 is 0 Å². The molecule has 39 heavy (non-hydrogen) atoms. The lowest BCUT2D eigenvalue weighted by molar-refractivity contribution is 0.0857. The van der Waals surface area contributed by atoms with Gasteiger partial charge in [-0.15, -0.1) is 0 Å². The molecule has 5 rings (SSSR count). The molecule has 0 saturated carbocycles. The van der Waals surface area contributed by atoms with E-state index in [1.54, 1.807) is 13.2 Å². The van der Waals surface area contributed by atoms with E-state index in [0.717, 1.165) is 49.6 Å². The molecule has 10 heteroatoms. The number of anilines is 2. The molecule has 3 heterocycles. The zero-order chi connectivity index (χ0) is 27.0. The van der Waals surface area contributed by atoms with Gasteiger partial charge in [0.15, 0.2) is 5.16 Å². The molecule has 206 valence electrons. The van der Waals surface area contributed by atoms with E-state index in [1.807, 2.05) is 42.5 Å². The van der Waals surface area contributed by atoms with Crippen LogP contribution in [-0.4, -0.2) is 68.4 Å². The largest absolute Gasteiger partial charge is 0.378 e. The topological polar surface area (TPSA) is 79.8 Å². The molecule has 1 atom stereocenters. The van der Waals surface area contributed by atoms with Gasteiger partial charge in [-0.25, -0.2) is 14.4 Å². The fourth-order valence-electron chi connectivity index (χ4n) is 4.86. The van der Waals surface area contributed by atoms with Crippen LogP contribution < -0.4 is 15.1 Å². The summed E-state index contributed by atoms with van der Waals surface area (Å²) in [6.45, 7) is 4.56. The minimum absolute atomic E-state index is 0.0903. The van der Waals surface area contributed by atoms with Crippen molar-refractivity contribution in [3.63, 3.8) is 0 Å². The molecule has 0 unspecified atom stereocenters. The first-order valence-corrected chi connectivity index (χ1v) is 14.3. The SMILES string of the molecule is COCc1cc(N2CCN(c3ccccc3F)CC2)nc(SCc2cccc(C(=O)NC[C@H]3CCCO3)c2)n1. The number of aromatic nitrogens is 2. The number of carbonyl (C=O) groups excluding carboxylic acids is 1. The van der Waals surface area contributed by atoms with Gasteiger partial charge in [0.05, 0.1) is 24.1 Å². The molecule has 2 saturated heterocycles. The number of hydrogen-bond acceptors (Lipinski definition) is 8. The quantitative estimate of drug-likeness (QED) is 0.295. The number of carbonyl (C=O) groups is 1. The van der Waals surface area contributed by atoms with Gasteiger partial charge in [0.2, 0.25) is 0 Å². The lowest BCUT2D eigenvalue weighted by Crippen LogP contribution is -2.47. The minimum Gasteiger partial charge on any atom is -0.378 e. The standard InChI is InChI=1S/C29H34FN5O3S/c1-37-19-23-17-27(35-13-11-34(12-14-35)26-10-3-2-9-25(26)30)33-29(32-23)39-20-21-6-4-7-22(16-21)28(36)31-18-24-8-5-15-38-24/h2-4,6-7,9-10,16-17,24H,5,8,11-15,18-20H2,1H3,(H,31,36)/t24-/m1/s1. The number of hydrogen-bond donors (Lipinski definition) is 1. The van der Waals surface area contributed by atoms with E-state index in [1.165, 1.54) is 17.8 Å². The van der Waals surface area contributed by atoms with E-state index in [2.05, 4.69) is 20.1 Å². The van der Waals surface area contributed by atoms with Crippen molar-refractivity contribution >= 4 is 29.2 Å². The van der Waals surface area contributed by atoms with Gasteiger partial charge in [-0.2, -0.15) is 0 Å². The number of halogens is 1. The summed E-state index contributed by atoms with van der Waals surface area (Å²) in [6, 6.07) is 16.5. The maximum atomic E-state index is 14.3. The molecular weight excluding hydrogens is 517 g/mol. The second-order valence-corrected chi connectivity index (χ2v) is 10.6. The second-order valence-electron chi connectivity index (χ2n) is 9.69. The van der Waals surface area contributed by atoms with Crippen LogP contribution in [0.1, 0.15) is 34.5 Å². The molecular formula is C29H34FN5O3S. The fraction of sp³-hybridized carbons (Fsp3) is 0.414. The van der Waals surface area contributed by atoms with Crippen LogP contribution in [0.4, 0.5) is 15.9 Å². The maximum Gasteiger partial charge on any atom is 0.251 e. The van der Waals surface area contributed by atoms with Crippen molar-refractivity contribution in [1.82, 2.24) is 15.3 Å². The first-order valence-electron chi connectivity index (χ1n) is 13.3. The molecule has 0 bridgehead atoms. The monoisotopic (exact) mass is 551 g/mol. The van der Waals surface area contributed by atoms with Gasteiger partial charge in [0.1, 0.15) is 11.6 Å². The van der Waals surface area contributed by atoms with Crippen LogP contribution in [0.15, 0.2) is 59.8 Å². The van der Waals surface area contributed by atoms with E-state index in [0.29, 0.717) is 48.4 Å². The molecule has 2 aliphatic rings. The van der Waals surface area contributed by atoms with Crippen LogP contribution in [0.2, 0.25) is 0 Å². The number of nitrogens with zero attached hydrogens (tertiary/aromatic N) is 4. The molecule has 2 aliphatic heterocycles. The summed E-state index contributed by atoms with van der Waals surface area (Å²) < 4.78 is 25.2. The predicted molar refractivity (Wildman–Crippen MR) is 151 cm³/mol. The van der Waals surface area contributed by atoms with Crippen molar-refractivity contribution < 1.29 is 18.7 Å². The van der Waals surface area contributed by atoms with Crippen LogP contribution >= 0.6 is 11.8 Å². The lowest BCUT2D eigenvalue weighted by atomic mass is 10.1. The molecule has 0 spiro atoms. The highest BCUT2D eigenvalue weighted by atomic mass is 32.2. The van der Waals surface area contributed by atoms with Gasteiger partial charge in [-0.3, -0.25) is 4.79 Å². The zero-order valence-corrected chi connectivity index (χ0v) is 23.0. The van der Waals surface area contributed by atoms with Crippen molar-refractivity contribution in [3.8, 4) is 0 Å². The third-order valence-electron chi connectivity index (χ3n) is 6.91. The van der Waals surface area contributed by atoms with Crippen molar-refractivity contribution in [2.45, 2.75) is 36.5 Å². The highest BCUT2D eigenvalue weighted by Crippen LogP contribution is 2.26. The predicted octanol–water partition coefficient (Wildman–Crippen LogP) is 4.29. The summed E-state index contributed by atoms with van der Waals surface area (Å²) >= 11 is 1.53. The van der Waals surface area contributed by atoms with Crippen LogP contribution in [0.25, 0.3) is 0 Å². The molecule has 0 aliphatic carbocycles. The Labute approximate surface area is 232 Å². The summed E-state index contributed by atoms with van der Waals surface area (Å²) in [5.41, 5.74) is 3.10. The van der Waals surface area contributed by atoms with Crippen molar-refractivity contribution in [2.24, 2.45) is 0 Å². The summed E-state index contributed by atoms with van der Waals surface area (Å²) in [7, 11) is 1.65. The Morgan fingerprint density at radius 2 is 1.92 bits per heavy atom. The molecule has 1 aromatic heterocycles. The van der Waals surface area contributed by atoms with Gasteiger partial charge in [0.25, 0.3) is 5.91 Å². The Hall–Kier alpha value is -3.21. The Morgan fingerprint density at radius 3 is 2.69 bits per heavy atom. The normalized spacial score (nSPS) is 17.4. The molecule has 8 nitrogen and oxygen atoms in total. The Balaban J connectivity index is 1.22. The summed E-state index contributed by atoms with van der Waals surface area (Å²) in [6.07, 6.45) is 2.15. The molecule has 3 aromatic rings. The Kier molecular flexibility index (Phi) is 9.28. The number of rotatable bonds is 10. The van der Waals surface area contributed by atoms with Gasteiger partial charge in [-0.05, 0) is 42.7 Å². The average molecular weight is 552 g/mol. The van der Waals surface area contributed by atoms with Gasteiger partial charge >= 0.3 is 0 Å². The summed E-state index contributed by atoms with van der Waals surface area (Å²) in [4.78, 5) is 26.5. The van der Waals surface area contributed by atoms with Crippen LogP contribution in [-0.2, 0) is 21.8 Å².